The molecule has 0 heterocycles. The summed E-state index contributed by atoms with van der Waals surface area (Å²) < 4.78 is 29.5. The van der Waals surface area contributed by atoms with Crippen LogP contribution >= 0.6 is 0 Å². The van der Waals surface area contributed by atoms with Crippen LogP contribution in [0, 0.1) is 5.92 Å². The lowest BCUT2D eigenvalue weighted by Crippen LogP contribution is -2.24. The Bertz CT molecular complexity index is 265. The zero-order chi connectivity index (χ0) is 13.1. The molecular formula is C12H27NO3S. The van der Waals surface area contributed by atoms with Crippen LogP contribution in [0.5, 0.6) is 0 Å². The van der Waals surface area contributed by atoms with Gasteiger partial charge in [-0.15, -0.1) is 0 Å². The van der Waals surface area contributed by atoms with Crippen molar-refractivity contribution in [2.45, 2.75) is 52.4 Å². The van der Waals surface area contributed by atoms with Gasteiger partial charge in [0.05, 0.1) is 5.75 Å². The molecule has 0 aliphatic carbocycles. The molecule has 0 aromatic rings. The summed E-state index contributed by atoms with van der Waals surface area (Å²) in [4.78, 5) is 0. The summed E-state index contributed by atoms with van der Waals surface area (Å²) in [5, 5.41) is 3.36. The van der Waals surface area contributed by atoms with Crippen LogP contribution in [0.4, 0.5) is 0 Å². The van der Waals surface area contributed by atoms with E-state index in [1.54, 1.807) is 0 Å². The van der Waals surface area contributed by atoms with Gasteiger partial charge in [-0.1, -0.05) is 33.1 Å². The van der Waals surface area contributed by atoms with Gasteiger partial charge in [-0.3, -0.25) is 4.55 Å². The van der Waals surface area contributed by atoms with Gasteiger partial charge in [-0.2, -0.15) is 8.42 Å². The van der Waals surface area contributed by atoms with Gasteiger partial charge in [0.1, 0.15) is 0 Å². The molecule has 104 valence electrons. The molecule has 1 atom stereocenters. The van der Waals surface area contributed by atoms with Crippen molar-refractivity contribution in [3.63, 3.8) is 0 Å². The Balaban J connectivity index is 3.42. The number of nitrogens with one attached hydrogen (secondary N) is 1. The molecule has 1 unspecified atom stereocenters. The summed E-state index contributed by atoms with van der Waals surface area (Å²) in [5.41, 5.74) is 0. The first-order chi connectivity index (χ1) is 7.99. The quantitative estimate of drug-likeness (QED) is 0.445. The minimum Gasteiger partial charge on any atom is -0.316 e. The SMILES string of the molecule is CCCCC(CC)CNCCCCS(=O)(=O)O. The van der Waals surface area contributed by atoms with Crippen molar-refractivity contribution in [3.05, 3.63) is 0 Å². The first-order valence-electron chi connectivity index (χ1n) is 6.65. The highest BCUT2D eigenvalue weighted by Gasteiger charge is 2.05. The van der Waals surface area contributed by atoms with E-state index in [-0.39, 0.29) is 5.75 Å². The maximum atomic E-state index is 10.5. The van der Waals surface area contributed by atoms with Gasteiger partial charge in [0, 0.05) is 0 Å². The fourth-order valence-electron chi connectivity index (χ4n) is 1.78. The molecule has 0 aromatic heterocycles. The Morgan fingerprint density at radius 1 is 1.18 bits per heavy atom. The number of rotatable bonds is 11. The maximum absolute atomic E-state index is 10.5. The molecule has 0 bridgehead atoms. The molecule has 0 radical (unpaired) electrons. The highest BCUT2D eigenvalue weighted by molar-refractivity contribution is 7.85. The number of unbranched alkanes of at least 4 members (excludes halogenated alkanes) is 2. The Morgan fingerprint density at radius 3 is 2.41 bits per heavy atom. The molecule has 0 saturated carbocycles. The van der Waals surface area contributed by atoms with E-state index in [0.717, 1.165) is 25.4 Å². The minimum atomic E-state index is -3.77. The Labute approximate surface area is 106 Å². The summed E-state index contributed by atoms with van der Waals surface area (Å²) in [6.45, 7) is 6.26. The molecule has 17 heavy (non-hydrogen) atoms. The lowest BCUT2D eigenvalue weighted by molar-refractivity contribution is 0.417. The fraction of sp³-hybridized carbons (Fsp3) is 1.00. The third-order valence-electron chi connectivity index (χ3n) is 2.98. The van der Waals surface area contributed by atoms with Crippen LogP contribution in [0.2, 0.25) is 0 Å². The summed E-state index contributed by atoms with van der Waals surface area (Å²) in [7, 11) is -3.77. The molecule has 0 amide bonds. The van der Waals surface area contributed by atoms with Crippen LogP contribution in [0.25, 0.3) is 0 Å². The summed E-state index contributed by atoms with van der Waals surface area (Å²) in [5.74, 6) is 0.610. The van der Waals surface area contributed by atoms with Crippen molar-refractivity contribution in [3.8, 4) is 0 Å². The van der Waals surface area contributed by atoms with Gasteiger partial charge in [0.2, 0.25) is 0 Å². The second-order valence-electron chi connectivity index (χ2n) is 4.61. The molecule has 0 fully saturated rings. The summed E-state index contributed by atoms with van der Waals surface area (Å²) in [6, 6.07) is 0. The van der Waals surface area contributed by atoms with Crippen molar-refractivity contribution >= 4 is 10.1 Å². The number of hydrogen-bond donors (Lipinski definition) is 2. The Hall–Kier alpha value is -0.130. The first kappa shape index (κ1) is 16.9. The standard InChI is InChI=1S/C12H27NO3S/c1-3-5-8-12(4-2)11-13-9-6-7-10-17(14,15)16/h12-13H,3-11H2,1-2H3,(H,14,15,16). The molecule has 0 saturated heterocycles. The first-order valence-corrected chi connectivity index (χ1v) is 8.26. The summed E-state index contributed by atoms with van der Waals surface area (Å²) in [6.07, 6.45) is 6.30. The monoisotopic (exact) mass is 265 g/mol. The van der Waals surface area contributed by atoms with E-state index in [1.807, 2.05) is 0 Å². The zero-order valence-corrected chi connectivity index (χ0v) is 11.9. The zero-order valence-electron chi connectivity index (χ0n) is 11.1. The highest BCUT2D eigenvalue weighted by atomic mass is 32.2. The van der Waals surface area contributed by atoms with Crippen molar-refractivity contribution < 1.29 is 13.0 Å². The van der Waals surface area contributed by atoms with Crippen LogP contribution in [-0.2, 0) is 10.1 Å². The van der Waals surface area contributed by atoms with Crippen LogP contribution in [0.1, 0.15) is 52.4 Å². The van der Waals surface area contributed by atoms with Gasteiger partial charge in [-0.25, -0.2) is 0 Å². The van der Waals surface area contributed by atoms with Crippen LogP contribution in [0.15, 0.2) is 0 Å². The molecule has 0 aliphatic rings. The van der Waals surface area contributed by atoms with E-state index in [9.17, 15) is 8.42 Å². The molecule has 0 aromatic carbocycles. The largest absolute Gasteiger partial charge is 0.316 e. The molecular weight excluding hydrogens is 238 g/mol. The van der Waals surface area contributed by atoms with Gasteiger partial charge < -0.3 is 5.32 Å². The van der Waals surface area contributed by atoms with Crippen molar-refractivity contribution in [2.75, 3.05) is 18.8 Å². The lowest BCUT2D eigenvalue weighted by Gasteiger charge is -2.15. The molecule has 0 aliphatic heterocycles. The highest BCUT2D eigenvalue weighted by Crippen LogP contribution is 2.11. The number of hydrogen-bond acceptors (Lipinski definition) is 3. The van der Waals surface area contributed by atoms with E-state index in [1.165, 1.54) is 25.7 Å². The predicted molar refractivity (Wildman–Crippen MR) is 71.8 cm³/mol. The van der Waals surface area contributed by atoms with E-state index >= 15 is 0 Å². The van der Waals surface area contributed by atoms with E-state index in [2.05, 4.69) is 19.2 Å². The van der Waals surface area contributed by atoms with Crippen LogP contribution in [0.3, 0.4) is 0 Å². The molecule has 5 heteroatoms. The fourth-order valence-corrected chi connectivity index (χ4v) is 2.35. The van der Waals surface area contributed by atoms with Crippen molar-refractivity contribution in [1.29, 1.82) is 0 Å². The van der Waals surface area contributed by atoms with E-state index < -0.39 is 10.1 Å². The molecule has 0 spiro atoms. The van der Waals surface area contributed by atoms with Gasteiger partial charge in [-0.05, 0) is 38.3 Å². The minimum absolute atomic E-state index is 0.123. The van der Waals surface area contributed by atoms with Gasteiger partial charge in [0.25, 0.3) is 10.1 Å². The smallest absolute Gasteiger partial charge is 0.264 e. The summed E-state index contributed by atoms with van der Waals surface area (Å²) >= 11 is 0. The average molecular weight is 265 g/mol. The second-order valence-corrected chi connectivity index (χ2v) is 6.19. The third kappa shape index (κ3) is 12.1. The van der Waals surface area contributed by atoms with Gasteiger partial charge in [0.15, 0.2) is 0 Å². The normalized spacial score (nSPS) is 13.8. The lowest BCUT2D eigenvalue weighted by atomic mass is 9.99. The molecule has 2 N–H and O–H groups in total. The maximum Gasteiger partial charge on any atom is 0.264 e. The topological polar surface area (TPSA) is 66.4 Å². The third-order valence-corrected chi connectivity index (χ3v) is 3.79. The average Bonchev–Trinajstić information content (AvgIpc) is 2.25. The van der Waals surface area contributed by atoms with E-state index in [0.29, 0.717) is 6.42 Å². The molecule has 4 nitrogen and oxygen atoms in total. The Morgan fingerprint density at radius 2 is 1.88 bits per heavy atom. The van der Waals surface area contributed by atoms with Crippen molar-refractivity contribution in [1.82, 2.24) is 5.32 Å². The van der Waals surface area contributed by atoms with Crippen LogP contribution < -0.4 is 5.32 Å². The Kier molecular flexibility index (Phi) is 9.78. The van der Waals surface area contributed by atoms with E-state index in [4.69, 9.17) is 4.55 Å². The predicted octanol–water partition coefficient (Wildman–Crippen LogP) is 2.46. The second kappa shape index (κ2) is 9.85. The van der Waals surface area contributed by atoms with Crippen molar-refractivity contribution in [2.24, 2.45) is 5.92 Å². The molecule has 0 rings (SSSR count). The van der Waals surface area contributed by atoms with Crippen LogP contribution in [-0.4, -0.2) is 31.8 Å². The van der Waals surface area contributed by atoms with Gasteiger partial charge >= 0.3 is 0 Å².